The molecule has 0 bridgehead atoms. The van der Waals surface area contributed by atoms with E-state index < -0.39 is 0 Å². The Morgan fingerprint density at radius 1 is 1.17 bits per heavy atom. The molecule has 0 radical (unpaired) electrons. The van der Waals surface area contributed by atoms with Gasteiger partial charge in [0.05, 0.1) is 17.7 Å². The maximum absolute atomic E-state index is 12.3. The lowest BCUT2D eigenvalue weighted by Crippen LogP contribution is -2.32. The molecule has 0 atom stereocenters. The number of amides is 1. The maximum atomic E-state index is 12.3. The van der Waals surface area contributed by atoms with Crippen LogP contribution in [0.2, 0.25) is 10.0 Å². The van der Waals surface area contributed by atoms with E-state index in [-0.39, 0.29) is 11.3 Å². The van der Waals surface area contributed by atoms with Crippen molar-refractivity contribution in [3.05, 3.63) is 63.6 Å². The van der Waals surface area contributed by atoms with E-state index in [1.54, 1.807) is 25.3 Å². The van der Waals surface area contributed by atoms with Gasteiger partial charge < -0.3 is 10.1 Å². The molecular weight excluding hydrogens is 333 g/mol. The Labute approximate surface area is 145 Å². The molecule has 5 heteroatoms. The van der Waals surface area contributed by atoms with E-state index in [1.807, 2.05) is 12.1 Å². The summed E-state index contributed by atoms with van der Waals surface area (Å²) in [6.07, 6.45) is 2.13. The van der Waals surface area contributed by atoms with Crippen LogP contribution in [-0.2, 0) is 5.41 Å². The van der Waals surface area contributed by atoms with Gasteiger partial charge in [-0.05, 0) is 48.7 Å². The number of halogens is 2. The highest BCUT2D eigenvalue weighted by Crippen LogP contribution is 2.48. The molecule has 0 aromatic heterocycles. The molecule has 1 saturated carbocycles. The molecule has 1 aliphatic rings. The minimum absolute atomic E-state index is 0.0286. The van der Waals surface area contributed by atoms with Crippen molar-refractivity contribution in [1.29, 1.82) is 0 Å². The fraction of sp³-hybridized carbons (Fsp3) is 0.278. The molecule has 2 aromatic rings. The number of hydrogen-bond donors (Lipinski definition) is 1. The lowest BCUT2D eigenvalue weighted by molar-refractivity contribution is 0.0950. The Morgan fingerprint density at radius 2 is 1.87 bits per heavy atom. The van der Waals surface area contributed by atoms with Crippen LogP contribution in [0.5, 0.6) is 5.75 Å². The van der Waals surface area contributed by atoms with Gasteiger partial charge in [-0.1, -0.05) is 35.3 Å². The zero-order valence-electron chi connectivity index (χ0n) is 12.7. The summed E-state index contributed by atoms with van der Waals surface area (Å²) in [4.78, 5) is 12.3. The Balaban J connectivity index is 1.68. The first-order valence-corrected chi connectivity index (χ1v) is 8.17. The summed E-state index contributed by atoms with van der Waals surface area (Å²) >= 11 is 11.9. The van der Waals surface area contributed by atoms with E-state index in [9.17, 15) is 4.79 Å². The summed E-state index contributed by atoms with van der Waals surface area (Å²) in [5.41, 5.74) is 1.70. The third-order valence-corrected chi connectivity index (χ3v) is 4.87. The summed E-state index contributed by atoms with van der Waals surface area (Å²) < 4.78 is 5.19. The third kappa shape index (κ3) is 3.46. The number of benzene rings is 2. The average molecular weight is 350 g/mol. The van der Waals surface area contributed by atoms with Crippen molar-refractivity contribution >= 4 is 29.1 Å². The smallest absolute Gasteiger partial charge is 0.252 e. The van der Waals surface area contributed by atoms with Gasteiger partial charge >= 0.3 is 0 Å². The molecule has 3 nitrogen and oxygen atoms in total. The number of carbonyl (C=O) groups excluding carboxylic acids is 1. The average Bonchev–Trinajstić information content (AvgIpc) is 3.34. The molecule has 1 amide bonds. The summed E-state index contributed by atoms with van der Waals surface area (Å²) in [5.74, 6) is 0.660. The fourth-order valence-corrected chi connectivity index (χ4v) is 3.18. The van der Waals surface area contributed by atoms with Crippen LogP contribution in [0.3, 0.4) is 0 Å². The first kappa shape index (κ1) is 16.2. The number of hydrogen-bond acceptors (Lipinski definition) is 2. The second-order valence-electron chi connectivity index (χ2n) is 5.82. The first-order valence-electron chi connectivity index (χ1n) is 7.42. The quantitative estimate of drug-likeness (QED) is 0.864. The molecule has 2 aromatic carbocycles. The van der Waals surface area contributed by atoms with Crippen molar-refractivity contribution in [2.45, 2.75) is 18.3 Å². The van der Waals surface area contributed by atoms with Crippen LogP contribution in [-0.4, -0.2) is 19.6 Å². The molecule has 0 aliphatic heterocycles. The van der Waals surface area contributed by atoms with Crippen LogP contribution >= 0.6 is 23.2 Å². The molecule has 0 unspecified atom stereocenters. The van der Waals surface area contributed by atoms with Gasteiger partial charge in [0.15, 0.2) is 0 Å². The molecular formula is C18H17Cl2NO2. The van der Waals surface area contributed by atoms with Gasteiger partial charge in [0.2, 0.25) is 0 Å². The number of ether oxygens (including phenoxy) is 1. The van der Waals surface area contributed by atoms with Crippen LogP contribution < -0.4 is 10.1 Å². The monoisotopic (exact) mass is 349 g/mol. The second kappa shape index (κ2) is 6.42. The zero-order chi connectivity index (χ0) is 16.4. The Kier molecular flexibility index (Phi) is 4.51. The largest absolute Gasteiger partial charge is 0.497 e. The highest BCUT2D eigenvalue weighted by molar-refractivity contribution is 6.36. The van der Waals surface area contributed by atoms with Crippen molar-refractivity contribution in [3.63, 3.8) is 0 Å². The van der Waals surface area contributed by atoms with Gasteiger partial charge in [0, 0.05) is 17.0 Å². The number of carbonyl (C=O) groups is 1. The zero-order valence-corrected chi connectivity index (χ0v) is 14.2. The van der Waals surface area contributed by atoms with Crippen LogP contribution in [0.4, 0.5) is 0 Å². The highest BCUT2D eigenvalue weighted by atomic mass is 35.5. The number of nitrogens with one attached hydrogen (secondary N) is 1. The summed E-state index contributed by atoms with van der Waals surface area (Å²) in [5, 5.41) is 3.87. The number of methoxy groups -OCH3 is 1. The summed E-state index contributed by atoms with van der Waals surface area (Å²) in [6, 6.07) is 12.9. The predicted molar refractivity (Wildman–Crippen MR) is 92.7 cm³/mol. The second-order valence-corrected chi connectivity index (χ2v) is 6.66. The van der Waals surface area contributed by atoms with Crippen molar-refractivity contribution in [3.8, 4) is 5.75 Å². The molecule has 1 aliphatic carbocycles. The first-order chi connectivity index (χ1) is 11.0. The van der Waals surface area contributed by atoms with E-state index >= 15 is 0 Å². The van der Waals surface area contributed by atoms with Gasteiger partial charge in [0.25, 0.3) is 5.91 Å². The van der Waals surface area contributed by atoms with Crippen molar-refractivity contribution in [2.75, 3.05) is 13.7 Å². The molecule has 0 spiro atoms. The lowest BCUT2D eigenvalue weighted by atomic mass is 9.95. The molecule has 0 saturated heterocycles. The van der Waals surface area contributed by atoms with Crippen molar-refractivity contribution in [2.24, 2.45) is 0 Å². The van der Waals surface area contributed by atoms with Crippen molar-refractivity contribution in [1.82, 2.24) is 5.32 Å². The number of rotatable bonds is 5. The van der Waals surface area contributed by atoms with Gasteiger partial charge in [-0.15, -0.1) is 0 Å². The standard InChI is InChI=1S/C18H17Cl2NO2/c1-23-14-5-2-12(3-6-14)18(8-9-18)11-21-17(22)15-7-4-13(19)10-16(15)20/h2-7,10H,8-9,11H2,1H3,(H,21,22). The third-order valence-electron chi connectivity index (χ3n) is 4.32. The van der Waals surface area contributed by atoms with Gasteiger partial charge in [0.1, 0.15) is 5.75 Å². The topological polar surface area (TPSA) is 38.3 Å². The van der Waals surface area contributed by atoms with E-state index in [0.29, 0.717) is 22.2 Å². The molecule has 0 heterocycles. The minimum atomic E-state index is -0.175. The summed E-state index contributed by atoms with van der Waals surface area (Å²) in [7, 11) is 1.65. The highest BCUT2D eigenvalue weighted by Gasteiger charge is 2.44. The van der Waals surface area contributed by atoms with Crippen LogP contribution in [0.25, 0.3) is 0 Å². The predicted octanol–water partition coefficient (Wildman–Crippen LogP) is 4.46. The fourth-order valence-electron chi connectivity index (χ4n) is 2.68. The van der Waals surface area contributed by atoms with Gasteiger partial charge in [-0.3, -0.25) is 4.79 Å². The Bertz CT molecular complexity index is 724. The van der Waals surface area contributed by atoms with Gasteiger partial charge in [-0.25, -0.2) is 0 Å². The van der Waals surface area contributed by atoms with E-state index in [0.717, 1.165) is 18.6 Å². The van der Waals surface area contributed by atoms with E-state index in [1.165, 1.54) is 5.56 Å². The molecule has 3 rings (SSSR count). The molecule has 1 fully saturated rings. The molecule has 120 valence electrons. The summed E-state index contributed by atoms with van der Waals surface area (Å²) in [6.45, 7) is 0.594. The van der Waals surface area contributed by atoms with Crippen LogP contribution in [0.15, 0.2) is 42.5 Å². The SMILES string of the molecule is COc1ccc(C2(CNC(=O)c3ccc(Cl)cc3Cl)CC2)cc1. The van der Waals surface area contributed by atoms with E-state index in [2.05, 4.69) is 17.4 Å². The lowest BCUT2D eigenvalue weighted by Gasteiger charge is -2.17. The van der Waals surface area contributed by atoms with Gasteiger partial charge in [-0.2, -0.15) is 0 Å². The van der Waals surface area contributed by atoms with Crippen molar-refractivity contribution < 1.29 is 9.53 Å². The molecule has 1 N–H and O–H groups in total. The minimum Gasteiger partial charge on any atom is -0.497 e. The van der Waals surface area contributed by atoms with Crippen LogP contribution in [0, 0.1) is 0 Å². The Hall–Kier alpha value is -1.71. The normalized spacial score (nSPS) is 15.1. The molecule has 23 heavy (non-hydrogen) atoms. The van der Waals surface area contributed by atoms with E-state index in [4.69, 9.17) is 27.9 Å². The van der Waals surface area contributed by atoms with Crippen LogP contribution in [0.1, 0.15) is 28.8 Å². The Morgan fingerprint density at radius 3 is 2.43 bits per heavy atom. The maximum Gasteiger partial charge on any atom is 0.252 e.